The number of amides is 1. The molecule has 3 N–H and O–H groups in total. The lowest BCUT2D eigenvalue weighted by atomic mass is 10.1. The number of halogens is 1. The number of aliphatic imine (C=N–C) groups is 1. The molecule has 0 aliphatic heterocycles. The lowest BCUT2D eigenvalue weighted by Crippen LogP contribution is -2.13. The van der Waals surface area contributed by atoms with Gasteiger partial charge in [-0.3, -0.25) is 9.78 Å². The van der Waals surface area contributed by atoms with Crippen LogP contribution >= 0.6 is 0 Å². The predicted molar refractivity (Wildman–Crippen MR) is 145 cm³/mol. The maximum atomic E-state index is 13.7. The number of pyridine rings is 1. The highest BCUT2D eigenvalue weighted by molar-refractivity contribution is 6.05. The van der Waals surface area contributed by atoms with Gasteiger partial charge in [0.05, 0.1) is 5.52 Å². The Balaban J connectivity index is 1.43. The van der Waals surface area contributed by atoms with Gasteiger partial charge >= 0.3 is 0 Å². The summed E-state index contributed by atoms with van der Waals surface area (Å²) in [4.78, 5) is 20.8. The van der Waals surface area contributed by atoms with Crippen molar-refractivity contribution in [2.24, 2.45) is 4.99 Å². The fourth-order valence-corrected chi connectivity index (χ4v) is 3.63. The van der Waals surface area contributed by atoms with Gasteiger partial charge in [0.2, 0.25) is 0 Å². The van der Waals surface area contributed by atoms with Gasteiger partial charge < -0.3 is 16.0 Å². The van der Waals surface area contributed by atoms with E-state index in [2.05, 4.69) is 32.0 Å². The van der Waals surface area contributed by atoms with E-state index in [0.717, 1.165) is 28.3 Å². The molecule has 1 heterocycles. The number of terminal acetylenes is 1. The Morgan fingerprint density at radius 2 is 1.78 bits per heavy atom. The second-order valence-corrected chi connectivity index (χ2v) is 8.09. The first-order valence-corrected chi connectivity index (χ1v) is 11.2. The molecular weight excluding hydrogens is 453 g/mol. The Kier molecular flexibility index (Phi) is 7.37. The van der Waals surface area contributed by atoms with Gasteiger partial charge in [0.15, 0.2) is 0 Å². The van der Waals surface area contributed by atoms with Crippen LogP contribution in [0.15, 0.2) is 89.7 Å². The average Bonchev–Trinajstić information content (AvgIpc) is 2.86. The van der Waals surface area contributed by atoms with Crippen molar-refractivity contribution in [2.75, 3.05) is 16.0 Å². The molecule has 0 unspecified atom stereocenters. The van der Waals surface area contributed by atoms with Crippen LogP contribution in [0.2, 0.25) is 0 Å². The zero-order valence-electron chi connectivity index (χ0n) is 19.8. The first kappa shape index (κ1) is 24.2. The van der Waals surface area contributed by atoms with Crippen LogP contribution in [0.1, 0.15) is 22.8 Å². The van der Waals surface area contributed by atoms with Crippen molar-refractivity contribution in [1.29, 1.82) is 0 Å². The zero-order chi connectivity index (χ0) is 25.5. The van der Waals surface area contributed by atoms with Gasteiger partial charge in [0.25, 0.3) is 5.91 Å². The molecule has 3 aromatic carbocycles. The van der Waals surface area contributed by atoms with Gasteiger partial charge in [-0.05, 0) is 92.2 Å². The number of allylic oxidation sites excluding steroid dienone is 2. The van der Waals surface area contributed by atoms with Gasteiger partial charge in [0, 0.05) is 57.9 Å². The summed E-state index contributed by atoms with van der Waals surface area (Å²) in [5.74, 6) is -0.547. The topological polar surface area (TPSA) is 78.4 Å². The molecule has 0 radical (unpaired) electrons. The third kappa shape index (κ3) is 5.93. The van der Waals surface area contributed by atoms with Crippen LogP contribution in [-0.4, -0.2) is 17.1 Å². The van der Waals surface area contributed by atoms with Crippen molar-refractivity contribution in [3.05, 3.63) is 102 Å². The van der Waals surface area contributed by atoms with Gasteiger partial charge in [-0.2, -0.15) is 0 Å². The van der Waals surface area contributed by atoms with Crippen LogP contribution in [0.4, 0.5) is 27.1 Å². The molecule has 4 aromatic rings. The van der Waals surface area contributed by atoms with E-state index < -0.39 is 0 Å². The Labute approximate surface area is 209 Å². The minimum absolute atomic E-state index is 0.219. The minimum atomic E-state index is -0.328. The number of hydrogen-bond donors (Lipinski definition) is 3. The van der Waals surface area contributed by atoms with Crippen LogP contribution in [0, 0.1) is 25.2 Å². The van der Waals surface area contributed by atoms with E-state index in [0.29, 0.717) is 22.2 Å². The number of carbonyl (C=O) groups excluding carboxylic acids is 1. The largest absolute Gasteiger partial charge is 0.359 e. The van der Waals surface area contributed by atoms with Crippen molar-refractivity contribution in [3.8, 4) is 12.5 Å². The Morgan fingerprint density at radius 3 is 2.53 bits per heavy atom. The third-order valence-electron chi connectivity index (χ3n) is 5.42. The molecule has 36 heavy (non-hydrogen) atoms. The molecule has 0 spiro atoms. The number of benzene rings is 3. The van der Waals surface area contributed by atoms with Crippen molar-refractivity contribution in [2.45, 2.75) is 13.8 Å². The second-order valence-electron chi connectivity index (χ2n) is 8.09. The molecule has 0 saturated carbocycles. The van der Waals surface area contributed by atoms with Crippen LogP contribution in [0.3, 0.4) is 0 Å². The molecule has 0 aliphatic carbocycles. The molecule has 178 valence electrons. The zero-order valence-corrected chi connectivity index (χ0v) is 19.8. The molecule has 7 heteroatoms. The summed E-state index contributed by atoms with van der Waals surface area (Å²) in [6.07, 6.45) is 10.1. The monoisotopic (exact) mass is 477 g/mol. The number of nitrogens with one attached hydrogen (secondary N) is 3. The molecular formula is C29H24FN5O. The van der Waals surface area contributed by atoms with E-state index in [1.807, 2.05) is 32.0 Å². The number of aromatic nitrogens is 1. The maximum Gasteiger partial charge on any atom is 0.255 e. The summed E-state index contributed by atoms with van der Waals surface area (Å²) in [6.45, 7) is 3.83. The third-order valence-corrected chi connectivity index (χ3v) is 5.42. The molecule has 0 bridgehead atoms. The van der Waals surface area contributed by atoms with Crippen molar-refractivity contribution >= 4 is 45.8 Å². The number of nitrogens with zero attached hydrogens (tertiary/aromatic N) is 2. The summed E-state index contributed by atoms with van der Waals surface area (Å²) >= 11 is 0. The van der Waals surface area contributed by atoms with Crippen LogP contribution in [-0.2, 0) is 0 Å². The molecule has 0 aliphatic rings. The summed E-state index contributed by atoms with van der Waals surface area (Å²) in [6, 6.07) is 21.2. The van der Waals surface area contributed by atoms with Crippen molar-refractivity contribution in [3.63, 3.8) is 0 Å². The molecule has 0 atom stereocenters. The number of aryl methyl sites for hydroxylation is 1. The van der Waals surface area contributed by atoms with Gasteiger partial charge in [-0.15, -0.1) is 0 Å². The number of rotatable bonds is 7. The fourth-order valence-electron chi connectivity index (χ4n) is 3.63. The average molecular weight is 478 g/mol. The fraction of sp³-hybridized carbons (Fsp3) is 0.0690. The van der Waals surface area contributed by atoms with Gasteiger partial charge in [-0.25, -0.2) is 9.38 Å². The SMILES string of the molecule is C#C/N=C\C=C(/C)Nc1ccc(NC(=O)c2ccc(Nc3ccnc4ccc(F)cc34)cc2)c(C)c1. The predicted octanol–water partition coefficient (Wildman–Crippen LogP) is 6.66. The van der Waals surface area contributed by atoms with E-state index in [4.69, 9.17) is 6.42 Å². The summed E-state index contributed by atoms with van der Waals surface area (Å²) in [5.41, 5.74) is 6.09. The molecule has 1 aromatic heterocycles. The second kappa shape index (κ2) is 11.0. The highest BCUT2D eigenvalue weighted by Crippen LogP contribution is 2.26. The molecule has 0 saturated heterocycles. The smallest absolute Gasteiger partial charge is 0.255 e. The maximum absolute atomic E-state index is 13.7. The summed E-state index contributed by atoms with van der Waals surface area (Å²) in [5, 5.41) is 10.2. The lowest BCUT2D eigenvalue weighted by molar-refractivity contribution is 0.102. The van der Waals surface area contributed by atoms with E-state index in [1.165, 1.54) is 12.1 Å². The van der Waals surface area contributed by atoms with Crippen molar-refractivity contribution < 1.29 is 9.18 Å². The highest BCUT2D eigenvalue weighted by Gasteiger charge is 2.10. The first-order valence-electron chi connectivity index (χ1n) is 11.2. The van der Waals surface area contributed by atoms with E-state index >= 15 is 0 Å². The number of anilines is 4. The Bertz CT molecular complexity index is 1520. The molecule has 6 nitrogen and oxygen atoms in total. The normalized spacial score (nSPS) is 11.3. The van der Waals surface area contributed by atoms with Crippen LogP contribution in [0.5, 0.6) is 0 Å². The quantitative estimate of drug-likeness (QED) is 0.206. The van der Waals surface area contributed by atoms with E-state index in [1.54, 1.807) is 54.9 Å². The number of hydrogen-bond acceptors (Lipinski definition) is 5. The highest BCUT2D eigenvalue weighted by atomic mass is 19.1. The van der Waals surface area contributed by atoms with Crippen LogP contribution < -0.4 is 16.0 Å². The lowest BCUT2D eigenvalue weighted by Gasteiger charge is -2.13. The standard InChI is InChI=1S/C29H24FN5O/c1-4-31-15-13-20(3)33-24-10-12-26(19(2)17-24)35-29(36)21-5-8-23(9-6-21)34-28-14-16-32-27-11-7-22(30)18-25(27)28/h1,5-18,33H,2-3H3,(H,32,34)(H,35,36)/b20-13+,31-15-. The minimum Gasteiger partial charge on any atom is -0.359 e. The first-order chi connectivity index (χ1) is 17.4. The Morgan fingerprint density at radius 1 is 1.00 bits per heavy atom. The Hall–Kier alpha value is -4.96. The summed E-state index contributed by atoms with van der Waals surface area (Å²) < 4.78 is 13.7. The molecule has 1 amide bonds. The number of fused-ring (bicyclic) bond motifs is 1. The van der Waals surface area contributed by atoms with Crippen LogP contribution in [0.25, 0.3) is 10.9 Å². The van der Waals surface area contributed by atoms with E-state index in [9.17, 15) is 9.18 Å². The van der Waals surface area contributed by atoms with Gasteiger partial charge in [-0.1, -0.05) is 6.42 Å². The molecule has 0 fully saturated rings. The van der Waals surface area contributed by atoms with Gasteiger partial charge in [0.1, 0.15) is 5.82 Å². The molecule has 4 rings (SSSR count). The van der Waals surface area contributed by atoms with Crippen molar-refractivity contribution in [1.82, 2.24) is 4.98 Å². The van der Waals surface area contributed by atoms with E-state index in [-0.39, 0.29) is 11.7 Å². The number of carbonyl (C=O) groups is 1. The summed E-state index contributed by atoms with van der Waals surface area (Å²) in [7, 11) is 0.